The Labute approximate surface area is 239 Å². The second-order valence-electron chi connectivity index (χ2n) is 9.19. The summed E-state index contributed by atoms with van der Waals surface area (Å²) in [6.07, 6.45) is 0. The lowest BCUT2D eigenvalue weighted by Gasteiger charge is -2.12. The van der Waals surface area contributed by atoms with Gasteiger partial charge in [-0.05, 0) is 44.1 Å². The molecule has 0 bridgehead atoms. The van der Waals surface area contributed by atoms with Crippen LogP contribution in [-0.2, 0) is 0 Å². The minimum Gasteiger partial charge on any atom is -0.0622 e. The molecule has 40 heavy (non-hydrogen) atoms. The van der Waals surface area contributed by atoms with Crippen LogP contribution in [0, 0.1) is 23.2 Å². The van der Waals surface area contributed by atoms with Crippen LogP contribution >= 0.6 is 15.8 Å². The fraction of sp³-hybridized carbons (Fsp3) is 0. The van der Waals surface area contributed by atoms with E-state index in [1.54, 1.807) is 0 Å². The number of rotatable bonds is 4. The summed E-state index contributed by atoms with van der Waals surface area (Å²) in [7, 11) is -1.58. The molecule has 0 fully saturated rings. The molecule has 0 radical (unpaired) electrons. The Hall–Kier alpha value is -4.44. The largest absolute Gasteiger partial charge is 0.0622 e. The van der Waals surface area contributed by atoms with Gasteiger partial charge in [0.15, 0.2) is 0 Å². The van der Waals surface area contributed by atoms with Crippen LogP contribution in [0.1, 0.15) is 11.1 Å². The van der Waals surface area contributed by atoms with Gasteiger partial charge >= 0.3 is 0 Å². The van der Waals surface area contributed by atoms with Gasteiger partial charge in [0.25, 0.3) is 0 Å². The first-order valence-corrected chi connectivity index (χ1v) is 15.9. The van der Waals surface area contributed by atoms with Crippen LogP contribution in [0.2, 0.25) is 0 Å². The Morgan fingerprint density at radius 1 is 0.300 bits per heavy atom. The van der Waals surface area contributed by atoms with Gasteiger partial charge in [-0.1, -0.05) is 169 Å². The van der Waals surface area contributed by atoms with Gasteiger partial charge in [-0.3, -0.25) is 0 Å². The Morgan fingerprint density at radius 2 is 0.600 bits per heavy atom. The molecule has 0 heterocycles. The second-order valence-corrected chi connectivity index (χ2v) is 13.0. The normalized spacial score (nSPS) is 10.6. The highest BCUT2D eigenvalue weighted by Gasteiger charge is 2.12. The van der Waals surface area contributed by atoms with Crippen molar-refractivity contribution in [2.75, 3.05) is 0 Å². The smallest absolute Gasteiger partial charge is 0.0348 e. The summed E-state index contributed by atoms with van der Waals surface area (Å²) < 4.78 is 0. The zero-order valence-corrected chi connectivity index (χ0v) is 23.7. The van der Waals surface area contributed by atoms with Crippen LogP contribution in [0.3, 0.4) is 0 Å². The standard InChI is InChI=1S/C38H26P2/c1-5-17-33(18-6-1)39(34-19-7-2-8-20-34)29-27-31-15-13-26-38-32(16-14-25-37(31)38)28-30-40(35-21-9-3-10-22-35)36-23-11-4-12-24-36/h1-26H. The van der Waals surface area contributed by atoms with Gasteiger partial charge in [0, 0.05) is 27.0 Å². The van der Waals surface area contributed by atoms with Crippen molar-refractivity contribution in [2.45, 2.75) is 0 Å². The highest BCUT2D eigenvalue weighted by Crippen LogP contribution is 2.34. The lowest BCUT2D eigenvalue weighted by molar-refractivity contribution is 1.67. The van der Waals surface area contributed by atoms with Crippen molar-refractivity contribution in [2.24, 2.45) is 0 Å². The molecule has 6 rings (SSSR count). The van der Waals surface area contributed by atoms with Crippen molar-refractivity contribution < 1.29 is 0 Å². The third-order valence-electron chi connectivity index (χ3n) is 6.58. The molecule has 0 N–H and O–H groups in total. The fourth-order valence-electron chi connectivity index (χ4n) is 4.62. The van der Waals surface area contributed by atoms with Crippen molar-refractivity contribution in [3.8, 4) is 23.2 Å². The third-order valence-corrected chi connectivity index (χ3v) is 10.5. The van der Waals surface area contributed by atoms with Gasteiger partial charge in [-0.2, -0.15) is 0 Å². The lowest BCUT2D eigenvalue weighted by Crippen LogP contribution is -2.09. The van der Waals surface area contributed by atoms with Crippen molar-refractivity contribution in [3.63, 3.8) is 0 Å². The van der Waals surface area contributed by atoms with Crippen LogP contribution in [0.15, 0.2) is 158 Å². The van der Waals surface area contributed by atoms with E-state index in [-0.39, 0.29) is 0 Å². The van der Waals surface area contributed by atoms with Crippen molar-refractivity contribution in [1.29, 1.82) is 0 Å². The van der Waals surface area contributed by atoms with Gasteiger partial charge in [0.2, 0.25) is 0 Å². The number of fused-ring (bicyclic) bond motifs is 1. The first kappa shape index (κ1) is 25.8. The van der Waals surface area contributed by atoms with Crippen LogP contribution in [0.5, 0.6) is 0 Å². The van der Waals surface area contributed by atoms with Gasteiger partial charge in [0.05, 0.1) is 0 Å². The van der Waals surface area contributed by atoms with E-state index in [1.807, 2.05) is 0 Å². The molecule has 188 valence electrons. The van der Waals surface area contributed by atoms with E-state index in [4.69, 9.17) is 0 Å². The molecule has 0 aromatic heterocycles. The second kappa shape index (κ2) is 12.6. The summed E-state index contributed by atoms with van der Waals surface area (Å²) in [6.45, 7) is 0. The van der Waals surface area contributed by atoms with E-state index in [9.17, 15) is 0 Å². The van der Waals surface area contributed by atoms with Crippen molar-refractivity contribution >= 4 is 47.8 Å². The molecular formula is C38H26P2. The molecule has 0 aliphatic rings. The predicted molar refractivity (Wildman–Crippen MR) is 176 cm³/mol. The molecule has 6 aromatic carbocycles. The maximum Gasteiger partial charge on any atom is 0.0348 e. The van der Waals surface area contributed by atoms with E-state index >= 15 is 0 Å². The Kier molecular flexibility index (Phi) is 8.14. The highest BCUT2D eigenvalue weighted by molar-refractivity contribution is 7.77. The molecule has 2 heteroatoms. The van der Waals surface area contributed by atoms with Crippen molar-refractivity contribution in [1.82, 2.24) is 0 Å². The molecule has 0 nitrogen and oxygen atoms in total. The van der Waals surface area contributed by atoms with Gasteiger partial charge < -0.3 is 0 Å². The molecule has 0 atom stereocenters. The highest BCUT2D eigenvalue weighted by atomic mass is 31.1. The summed E-state index contributed by atoms with van der Waals surface area (Å²) in [6, 6.07) is 55.2. The van der Waals surface area contributed by atoms with Crippen molar-refractivity contribution in [3.05, 3.63) is 169 Å². The van der Waals surface area contributed by atoms with E-state index in [0.717, 1.165) is 21.9 Å². The summed E-state index contributed by atoms with van der Waals surface area (Å²) >= 11 is 0. The molecule has 0 aliphatic heterocycles. The Balaban J connectivity index is 1.41. The monoisotopic (exact) mass is 544 g/mol. The quantitative estimate of drug-likeness (QED) is 0.157. The van der Waals surface area contributed by atoms with E-state index in [2.05, 4.69) is 181 Å². The first-order valence-electron chi connectivity index (χ1n) is 13.2. The first-order chi connectivity index (χ1) is 19.9. The summed E-state index contributed by atoms with van der Waals surface area (Å²) in [5, 5.41) is 7.33. The number of benzene rings is 6. The van der Waals surface area contributed by atoms with Gasteiger partial charge in [0.1, 0.15) is 0 Å². The van der Waals surface area contributed by atoms with E-state index < -0.39 is 15.8 Å². The summed E-state index contributed by atoms with van der Waals surface area (Å²) in [4.78, 5) is 0. The molecule has 0 amide bonds. The maximum absolute atomic E-state index is 3.66. The molecule has 0 unspecified atom stereocenters. The molecule has 0 aliphatic carbocycles. The zero-order chi connectivity index (χ0) is 27.0. The number of hydrogen-bond donors (Lipinski definition) is 0. The van der Waals surface area contributed by atoms with Gasteiger partial charge in [-0.15, -0.1) is 0 Å². The third kappa shape index (κ3) is 5.91. The maximum atomic E-state index is 3.66. The Morgan fingerprint density at radius 3 is 0.900 bits per heavy atom. The minimum absolute atomic E-state index is 0.791. The average Bonchev–Trinajstić information content (AvgIpc) is 3.03. The van der Waals surface area contributed by atoms with Crippen LogP contribution in [-0.4, -0.2) is 0 Å². The van der Waals surface area contributed by atoms with E-state index in [1.165, 1.54) is 21.2 Å². The average molecular weight is 545 g/mol. The van der Waals surface area contributed by atoms with Crippen LogP contribution in [0.4, 0.5) is 0 Å². The zero-order valence-electron chi connectivity index (χ0n) is 21.9. The van der Waals surface area contributed by atoms with E-state index in [0.29, 0.717) is 0 Å². The molecule has 0 saturated carbocycles. The SMILES string of the molecule is C(#CP(c1ccccc1)c1ccccc1)c1cccc2c(C#CP(c3ccccc3)c3ccccc3)cccc12. The Bertz CT molecular complexity index is 1620. The fourth-order valence-corrected chi connectivity index (χ4v) is 8.08. The summed E-state index contributed by atoms with van der Waals surface area (Å²) in [5.41, 5.74) is 9.38. The van der Waals surface area contributed by atoms with Crippen LogP contribution in [0.25, 0.3) is 10.8 Å². The molecule has 0 spiro atoms. The molecular weight excluding hydrogens is 518 g/mol. The molecule has 6 aromatic rings. The predicted octanol–water partition coefficient (Wildman–Crippen LogP) is 7.72. The molecule has 0 saturated heterocycles. The lowest BCUT2D eigenvalue weighted by atomic mass is 10.0. The summed E-state index contributed by atoms with van der Waals surface area (Å²) in [5.74, 6) is 7.13. The van der Waals surface area contributed by atoms with Gasteiger partial charge in [-0.25, -0.2) is 0 Å². The minimum atomic E-state index is -0.791. The number of hydrogen-bond acceptors (Lipinski definition) is 0. The van der Waals surface area contributed by atoms with Crippen LogP contribution < -0.4 is 21.2 Å². The topological polar surface area (TPSA) is 0 Å².